The lowest BCUT2D eigenvalue weighted by atomic mass is 10.0. The van der Waals surface area contributed by atoms with Crippen molar-refractivity contribution in [2.24, 2.45) is 5.10 Å². The maximum absolute atomic E-state index is 13.2. The molecule has 4 N–H and O–H groups in total. The predicted octanol–water partition coefficient (Wildman–Crippen LogP) is 2.50. The second-order valence-corrected chi connectivity index (χ2v) is 7.79. The van der Waals surface area contributed by atoms with Crippen LogP contribution in [-0.4, -0.2) is 34.1 Å². The second-order valence-electron chi connectivity index (χ2n) is 7.79. The molecule has 0 saturated carbocycles. The molecule has 0 aliphatic heterocycles. The molecule has 3 aromatic carbocycles. The van der Waals surface area contributed by atoms with Crippen molar-refractivity contribution in [3.8, 4) is 0 Å². The van der Waals surface area contributed by atoms with Crippen molar-refractivity contribution in [2.45, 2.75) is 13.0 Å². The molecule has 4 aromatic rings. The third-order valence-corrected chi connectivity index (χ3v) is 5.19. The lowest BCUT2D eigenvalue weighted by Crippen LogP contribution is -2.40. The molecule has 10 nitrogen and oxygen atoms in total. The summed E-state index contributed by atoms with van der Waals surface area (Å²) in [6.45, 7) is 1.42. The normalized spacial score (nSPS) is 11.7. The third-order valence-electron chi connectivity index (χ3n) is 5.19. The molecular weight excluding hydrogens is 460 g/mol. The van der Waals surface area contributed by atoms with Gasteiger partial charge in [0.05, 0.1) is 11.6 Å². The van der Waals surface area contributed by atoms with Gasteiger partial charge in [0.25, 0.3) is 17.4 Å². The molecule has 10 heteroatoms. The monoisotopic (exact) mass is 482 g/mol. The van der Waals surface area contributed by atoms with Crippen LogP contribution in [0.15, 0.2) is 88.8 Å². The first-order valence-corrected chi connectivity index (χ1v) is 11.0. The predicted molar refractivity (Wildman–Crippen MR) is 135 cm³/mol. The molecule has 180 valence electrons. The number of nitrogens with one attached hydrogen (secondary N) is 4. The number of rotatable bonds is 7. The van der Waals surface area contributed by atoms with Crippen LogP contribution in [0.3, 0.4) is 0 Å². The maximum Gasteiger partial charge on any atom is 0.272 e. The number of carbonyl (C=O) groups is 3. The Labute approximate surface area is 205 Å². The molecule has 3 amide bonds. The molecule has 0 bridgehead atoms. The van der Waals surface area contributed by atoms with Gasteiger partial charge in [0.1, 0.15) is 5.69 Å². The molecule has 1 heterocycles. The fourth-order valence-corrected chi connectivity index (χ4v) is 3.51. The van der Waals surface area contributed by atoms with Crippen molar-refractivity contribution in [1.82, 2.24) is 20.9 Å². The topological polar surface area (TPSA) is 145 Å². The SMILES string of the molecule is CC(=O)Nc1ccc(/C=N\NC(=O)[C@H](NC(=O)c2ccccc2)c2n[nH]c(=O)c3ccccc23)cc1. The van der Waals surface area contributed by atoms with E-state index in [4.69, 9.17) is 0 Å². The summed E-state index contributed by atoms with van der Waals surface area (Å²) in [4.78, 5) is 49.4. The summed E-state index contributed by atoms with van der Waals surface area (Å²) in [7, 11) is 0. The van der Waals surface area contributed by atoms with E-state index in [-0.39, 0.29) is 11.6 Å². The van der Waals surface area contributed by atoms with Crippen molar-refractivity contribution in [3.63, 3.8) is 0 Å². The average molecular weight is 483 g/mol. The fourth-order valence-electron chi connectivity index (χ4n) is 3.51. The summed E-state index contributed by atoms with van der Waals surface area (Å²) < 4.78 is 0. The standard InChI is InChI=1S/C26H22N6O4/c1-16(33)28-19-13-11-17(12-14-19)15-27-31-26(36)23(29-24(34)18-7-3-2-4-8-18)22-20-9-5-6-10-21(20)25(35)32-30-22/h2-15,23H,1H3,(H,28,33)(H,29,34)(H,31,36)(H,32,35)/b27-15-/t23-/m1/s1. The van der Waals surface area contributed by atoms with Crippen LogP contribution in [0.4, 0.5) is 5.69 Å². The highest BCUT2D eigenvalue weighted by Gasteiger charge is 2.27. The van der Waals surface area contributed by atoms with E-state index in [0.717, 1.165) is 0 Å². The van der Waals surface area contributed by atoms with Crippen LogP contribution in [0.1, 0.15) is 34.6 Å². The highest BCUT2D eigenvalue weighted by Crippen LogP contribution is 2.20. The quantitative estimate of drug-likeness (QED) is 0.236. The van der Waals surface area contributed by atoms with Crippen LogP contribution < -0.4 is 21.6 Å². The first-order valence-electron chi connectivity index (χ1n) is 11.0. The van der Waals surface area contributed by atoms with E-state index in [1.165, 1.54) is 13.1 Å². The van der Waals surface area contributed by atoms with Crippen molar-refractivity contribution in [3.05, 3.63) is 106 Å². The Balaban J connectivity index is 1.60. The fraction of sp³-hybridized carbons (Fsp3) is 0.0769. The molecule has 0 aliphatic carbocycles. The number of anilines is 1. The average Bonchev–Trinajstić information content (AvgIpc) is 2.89. The number of aromatic amines is 1. The Morgan fingerprint density at radius 1 is 0.917 bits per heavy atom. The number of carbonyl (C=O) groups excluding carboxylic acids is 3. The number of nitrogens with zero attached hydrogens (tertiary/aromatic N) is 2. The molecule has 0 saturated heterocycles. The first-order chi connectivity index (χ1) is 17.4. The molecule has 1 aromatic heterocycles. The number of benzene rings is 3. The molecule has 0 fully saturated rings. The Morgan fingerprint density at radius 2 is 1.58 bits per heavy atom. The molecule has 0 unspecified atom stereocenters. The van der Waals surface area contributed by atoms with Gasteiger partial charge in [-0.15, -0.1) is 0 Å². The summed E-state index contributed by atoms with van der Waals surface area (Å²) >= 11 is 0. The van der Waals surface area contributed by atoms with Gasteiger partial charge in [-0.3, -0.25) is 19.2 Å². The van der Waals surface area contributed by atoms with E-state index in [1.807, 2.05) is 0 Å². The smallest absolute Gasteiger partial charge is 0.272 e. The van der Waals surface area contributed by atoms with Crippen LogP contribution in [0.25, 0.3) is 10.8 Å². The summed E-state index contributed by atoms with van der Waals surface area (Å²) in [5, 5.41) is 16.6. The minimum atomic E-state index is -1.25. The zero-order valence-corrected chi connectivity index (χ0v) is 19.2. The van der Waals surface area contributed by atoms with Crippen molar-refractivity contribution < 1.29 is 14.4 Å². The second kappa shape index (κ2) is 10.9. The van der Waals surface area contributed by atoms with E-state index < -0.39 is 23.4 Å². The van der Waals surface area contributed by atoms with Crippen LogP contribution in [-0.2, 0) is 9.59 Å². The highest BCUT2D eigenvalue weighted by molar-refractivity contribution is 5.99. The van der Waals surface area contributed by atoms with Crippen LogP contribution in [0.2, 0.25) is 0 Å². The Bertz CT molecular complexity index is 1500. The van der Waals surface area contributed by atoms with Gasteiger partial charge in [-0.1, -0.05) is 48.5 Å². The molecule has 36 heavy (non-hydrogen) atoms. The molecule has 0 radical (unpaired) electrons. The Kier molecular flexibility index (Phi) is 7.25. The summed E-state index contributed by atoms with van der Waals surface area (Å²) in [5.41, 5.74) is 3.83. The number of aromatic nitrogens is 2. The molecule has 1 atom stereocenters. The third kappa shape index (κ3) is 5.68. The van der Waals surface area contributed by atoms with E-state index in [0.29, 0.717) is 27.6 Å². The van der Waals surface area contributed by atoms with Crippen molar-refractivity contribution >= 4 is 40.4 Å². The zero-order chi connectivity index (χ0) is 25.5. The van der Waals surface area contributed by atoms with Gasteiger partial charge < -0.3 is 10.6 Å². The van der Waals surface area contributed by atoms with Crippen LogP contribution >= 0.6 is 0 Å². The highest BCUT2D eigenvalue weighted by atomic mass is 16.2. The Morgan fingerprint density at radius 3 is 2.28 bits per heavy atom. The molecule has 4 rings (SSSR count). The van der Waals surface area contributed by atoms with Gasteiger partial charge in [0.2, 0.25) is 5.91 Å². The number of hydrogen-bond acceptors (Lipinski definition) is 6. The Hall–Kier alpha value is -5.12. The lowest BCUT2D eigenvalue weighted by molar-refractivity contribution is -0.123. The summed E-state index contributed by atoms with van der Waals surface area (Å²) in [5.74, 6) is -1.34. The number of hydrazone groups is 1. The maximum atomic E-state index is 13.2. The van der Waals surface area contributed by atoms with E-state index in [1.54, 1.807) is 78.9 Å². The number of H-pyrrole nitrogens is 1. The lowest BCUT2D eigenvalue weighted by Gasteiger charge is -2.18. The van der Waals surface area contributed by atoms with Gasteiger partial charge in [-0.05, 0) is 35.9 Å². The van der Waals surface area contributed by atoms with Crippen LogP contribution in [0, 0.1) is 0 Å². The zero-order valence-electron chi connectivity index (χ0n) is 19.2. The van der Waals surface area contributed by atoms with Gasteiger partial charge in [-0.25, -0.2) is 10.5 Å². The number of amides is 3. The first kappa shape index (κ1) is 24.0. The minimum absolute atomic E-state index is 0.168. The van der Waals surface area contributed by atoms with Gasteiger partial charge >= 0.3 is 0 Å². The number of fused-ring (bicyclic) bond motifs is 1. The minimum Gasteiger partial charge on any atom is -0.335 e. The van der Waals surface area contributed by atoms with Gasteiger partial charge in [0.15, 0.2) is 6.04 Å². The van der Waals surface area contributed by atoms with E-state index >= 15 is 0 Å². The summed E-state index contributed by atoms with van der Waals surface area (Å²) in [6.07, 6.45) is 1.42. The summed E-state index contributed by atoms with van der Waals surface area (Å²) in [6, 6.07) is 20.7. The molecular formula is C26H22N6O4. The van der Waals surface area contributed by atoms with Crippen molar-refractivity contribution in [2.75, 3.05) is 5.32 Å². The number of hydrogen-bond donors (Lipinski definition) is 4. The largest absolute Gasteiger partial charge is 0.335 e. The van der Waals surface area contributed by atoms with Crippen LogP contribution in [0.5, 0.6) is 0 Å². The van der Waals surface area contributed by atoms with Crippen molar-refractivity contribution in [1.29, 1.82) is 0 Å². The van der Waals surface area contributed by atoms with E-state index in [2.05, 4.69) is 31.4 Å². The molecule has 0 spiro atoms. The van der Waals surface area contributed by atoms with Gasteiger partial charge in [-0.2, -0.15) is 10.2 Å². The van der Waals surface area contributed by atoms with Gasteiger partial charge in [0, 0.05) is 23.6 Å². The molecule has 0 aliphatic rings. The van der Waals surface area contributed by atoms with E-state index in [9.17, 15) is 19.2 Å².